The van der Waals surface area contributed by atoms with Crippen molar-refractivity contribution in [2.24, 2.45) is 0 Å². The van der Waals surface area contributed by atoms with Crippen LogP contribution >= 0.6 is 27.7 Å². The van der Waals surface area contributed by atoms with Gasteiger partial charge in [-0.05, 0) is 6.07 Å². The average Bonchev–Trinajstić information content (AvgIpc) is 2.06. The van der Waals surface area contributed by atoms with Gasteiger partial charge in [0.25, 0.3) is 0 Å². The molecule has 56 valence electrons. The summed E-state index contributed by atoms with van der Waals surface area (Å²) >= 11 is 5.42. The third-order valence-corrected chi connectivity index (χ3v) is 3.40. The van der Waals surface area contributed by atoms with Crippen LogP contribution < -0.4 is 0 Å². The Bertz CT molecular complexity index is 304. The molecule has 0 saturated carbocycles. The molecule has 0 bridgehead atoms. The highest BCUT2D eigenvalue weighted by Crippen LogP contribution is 2.35. The van der Waals surface area contributed by atoms with Gasteiger partial charge in [0.1, 0.15) is 0 Å². The van der Waals surface area contributed by atoms with Gasteiger partial charge in [-0.2, -0.15) is 0 Å². The van der Waals surface area contributed by atoms with E-state index in [-0.39, 0.29) is 0 Å². The van der Waals surface area contributed by atoms with Gasteiger partial charge in [-0.3, -0.25) is 0 Å². The lowest BCUT2D eigenvalue weighted by Crippen LogP contribution is -1.89. The first kappa shape index (κ1) is 7.44. The number of halogens is 1. The molecule has 0 atom stereocenters. The minimum absolute atomic E-state index is 1.08. The smallest absolute Gasteiger partial charge is 0.0227 e. The zero-order valence-corrected chi connectivity index (χ0v) is 8.28. The van der Waals surface area contributed by atoms with Crippen molar-refractivity contribution >= 4 is 32.2 Å². The minimum atomic E-state index is 1.08. The van der Waals surface area contributed by atoms with Gasteiger partial charge in [0.2, 0.25) is 0 Å². The van der Waals surface area contributed by atoms with Gasteiger partial charge in [-0.25, -0.2) is 0 Å². The molecule has 11 heavy (non-hydrogen) atoms. The Morgan fingerprint density at radius 2 is 2.09 bits per heavy atom. The Morgan fingerprint density at radius 3 is 2.91 bits per heavy atom. The number of hydrogen-bond acceptors (Lipinski definition) is 1. The summed E-state index contributed by atoms with van der Waals surface area (Å²) in [5.41, 5.74) is 1.32. The third-order valence-electron chi connectivity index (χ3n) is 1.65. The number of benzene rings is 1. The molecule has 0 saturated heterocycles. The molecule has 2 rings (SSSR count). The molecule has 1 aliphatic rings. The van der Waals surface area contributed by atoms with Crippen LogP contribution in [0.25, 0.3) is 4.48 Å². The SMILES string of the molecule is BrC1=CCSc2ccccc21. The maximum Gasteiger partial charge on any atom is 0.0227 e. The van der Waals surface area contributed by atoms with Gasteiger partial charge in [0.05, 0.1) is 0 Å². The monoisotopic (exact) mass is 226 g/mol. The molecule has 0 nitrogen and oxygen atoms in total. The Kier molecular flexibility index (Phi) is 2.05. The molecule has 0 fully saturated rings. The van der Waals surface area contributed by atoms with Crippen molar-refractivity contribution in [1.29, 1.82) is 0 Å². The summed E-state index contributed by atoms with van der Waals surface area (Å²) in [6, 6.07) is 8.45. The number of fused-ring (bicyclic) bond motifs is 1. The van der Waals surface area contributed by atoms with Crippen molar-refractivity contribution in [3.05, 3.63) is 35.9 Å². The summed E-state index contributed by atoms with van der Waals surface area (Å²) in [6.07, 6.45) is 2.20. The molecule has 0 aromatic heterocycles. The third kappa shape index (κ3) is 1.37. The fourth-order valence-corrected chi connectivity index (χ4v) is 2.90. The van der Waals surface area contributed by atoms with Crippen molar-refractivity contribution in [1.82, 2.24) is 0 Å². The molecule has 0 N–H and O–H groups in total. The Balaban J connectivity index is 2.56. The average molecular weight is 227 g/mol. The lowest BCUT2D eigenvalue weighted by atomic mass is 10.2. The van der Waals surface area contributed by atoms with Gasteiger partial charge in [-0.1, -0.05) is 40.2 Å². The molecule has 0 radical (unpaired) electrons. The normalized spacial score (nSPS) is 15.5. The lowest BCUT2D eigenvalue weighted by molar-refractivity contribution is 1.40. The molecular weight excluding hydrogens is 220 g/mol. The van der Waals surface area contributed by atoms with Gasteiger partial charge in [-0.15, -0.1) is 11.8 Å². The first-order valence-corrected chi connectivity index (χ1v) is 5.23. The first-order valence-electron chi connectivity index (χ1n) is 3.46. The van der Waals surface area contributed by atoms with Crippen molar-refractivity contribution in [2.75, 3.05) is 5.75 Å². The van der Waals surface area contributed by atoms with Crippen LogP contribution in [0, 0.1) is 0 Å². The van der Waals surface area contributed by atoms with E-state index in [4.69, 9.17) is 0 Å². The molecule has 0 amide bonds. The van der Waals surface area contributed by atoms with Gasteiger partial charge in [0.15, 0.2) is 0 Å². The quantitative estimate of drug-likeness (QED) is 0.653. The van der Waals surface area contributed by atoms with E-state index in [1.54, 1.807) is 0 Å². The van der Waals surface area contributed by atoms with Crippen molar-refractivity contribution < 1.29 is 0 Å². The van der Waals surface area contributed by atoms with Crippen LogP contribution in [0.2, 0.25) is 0 Å². The van der Waals surface area contributed by atoms with E-state index in [1.165, 1.54) is 14.9 Å². The molecule has 1 aromatic rings. The van der Waals surface area contributed by atoms with Crippen molar-refractivity contribution in [3.63, 3.8) is 0 Å². The summed E-state index contributed by atoms with van der Waals surface area (Å²) in [6.45, 7) is 0. The Morgan fingerprint density at radius 1 is 1.27 bits per heavy atom. The highest BCUT2D eigenvalue weighted by atomic mass is 79.9. The maximum atomic E-state index is 3.53. The molecule has 0 unspecified atom stereocenters. The zero-order chi connectivity index (χ0) is 7.68. The summed E-state index contributed by atoms with van der Waals surface area (Å²) < 4.78 is 1.23. The van der Waals surface area contributed by atoms with E-state index in [2.05, 4.69) is 46.3 Å². The molecule has 1 aliphatic heterocycles. The highest BCUT2D eigenvalue weighted by Gasteiger charge is 2.08. The predicted molar refractivity (Wildman–Crippen MR) is 54.1 cm³/mol. The lowest BCUT2D eigenvalue weighted by Gasteiger charge is -2.11. The van der Waals surface area contributed by atoms with E-state index >= 15 is 0 Å². The second-order valence-corrected chi connectivity index (χ2v) is 4.28. The van der Waals surface area contributed by atoms with E-state index in [0.29, 0.717) is 0 Å². The van der Waals surface area contributed by atoms with Crippen LogP contribution in [0.15, 0.2) is 35.2 Å². The maximum absolute atomic E-state index is 3.53. The predicted octanol–water partition coefficient (Wildman–Crippen LogP) is 3.53. The number of thioether (sulfide) groups is 1. The molecular formula is C9H7BrS. The second kappa shape index (κ2) is 3.03. The van der Waals surface area contributed by atoms with E-state index in [9.17, 15) is 0 Å². The summed E-state index contributed by atoms with van der Waals surface area (Å²) in [4.78, 5) is 1.38. The van der Waals surface area contributed by atoms with E-state index < -0.39 is 0 Å². The standard InChI is InChI=1S/C9H7BrS/c10-8-5-6-11-9-4-2-1-3-7(8)9/h1-5H,6H2. The van der Waals surface area contributed by atoms with Crippen LogP contribution in [0.5, 0.6) is 0 Å². The summed E-state index contributed by atoms with van der Waals surface area (Å²) in [5.74, 6) is 1.08. The topological polar surface area (TPSA) is 0 Å². The minimum Gasteiger partial charge on any atom is -0.121 e. The zero-order valence-electron chi connectivity index (χ0n) is 5.88. The summed E-state index contributed by atoms with van der Waals surface area (Å²) in [5, 5.41) is 0. The van der Waals surface area contributed by atoms with E-state index in [1.807, 2.05) is 11.8 Å². The van der Waals surface area contributed by atoms with Crippen molar-refractivity contribution in [2.45, 2.75) is 4.90 Å². The first-order chi connectivity index (χ1) is 5.38. The largest absolute Gasteiger partial charge is 0.121 e. The van der Waals surface area contributed by atoms with Crippen LogP contribution in [0.4, 0.5) is 0 Å². The van der Waals surface area contributed by atoms with Gasteiger partial charge >= 0.3 is 0 Å². The van der Waals surface area contributed by atoms with Gasteiger partial charge < -0.3 is 0 Å². The van der Waals surface area contributed by atoms with Gasteiger partial charge in [0, 0.05) is 20.7 Å². The fourth-order valence-electron chi connectivity index (χ4n) is 1.10. The highest BCUT2D eigenvalue weighted by molar-refractivity contribution is 9.15. The molecule has 1 aromatic carbocycles. The molecule has 0 spiro atoms. The Hall–Kier alpha value is -0.210. The number of rotatable bonds is 0. The van der Waals surface area contributed by atoms with Crippen LogP contribution in [-0.2, 0) is 0 Å². The fraction of sp³-hybridized carbons (Fsp3) is 0.111. The van der Waals surface area contributed by atoms with Crippen molar-refractivity contribution in [3.8, 4) is 0 Å². The van der Waals surface area contributed by atoms with Crippen LogP contribution in [0.3, 0.4) is 0 Å². The molecule has 2 heteroatoms. The number of hydrogen-bond donors (Lipinski definition) is 0. The van der Waals surface area contributed by atoms with Crippen LogP contribution in [0.1, 0.15) is 5.56 Å². The molecule has 0 aliphatic carbocycles. The Labute approximate surface area is 78.8 Å². The summed E-state index contributed by atoms with van der Waals surface area (Å²) in [7, 11) is 0. The van der Waals surface area contributed by atoms with E-state index in [0.717, 1.165) is 5.75 Å². The second-order valence-electron chi connectivity index (χ2n) is 2.36. The van der Waals surface area contributed by atoms with Crippen LogP contribution in [-0.4, -0.2) is 5.75 Å². The molecule has 1 heterocycles.